The molecule has 0 spiro atoms. The smallest absolute Gasteiger partial charge is 0.244 e. The molecule has 0 saturated carbocycles. The predicted molar refractivity (Wildman–Crippen MR) is 59.6 cm³/mol. The summed E-state index contributed by atoms with van der Waals surface area (Å²) in [5.41, 5.74) is 2.04. The maximum atomic E-state index is 11.6. The summed E-state index contributed by atoms with van der Waals surface area (Å²) in [5.74, 6) is -0.716. The zero-order valence-corrected chi connectivity index (χ0v) is 9.28. The van der Waals surface area contributed by atoms with Crippen molar-refractivity contribution in [3.8, 4) is 0 Å². The summed E-state index contributed by atoms with van der Waals surface area (Å²) >= 11 is 5.81. The van der Waals surface area contributed by atoms with Crippen molar-refractivity contribution >= 4 is 23.3 Å². The highest BCUT2D eigenvalue weighted by Crippen LogP contribution is 2.12. The first-order valence-corrected chi connectivity index (χ1v) is 5.22. The number of halogens is 1. The third kappa shape index (κ3) is 4.00. The van der Waals surface area contributed by atoms with Crippen LogP contribution in [-0.2, 0) is 4.79 Å². The van der Waals surface area contributed by atoms with Gasteiger partial charge < -0.3 is 0 Å². The van der Waals surface area contributed by atoms with Crippen molar-refractivity contribution in [2.75, 3.05) is 0 Å². The van der Waals surface area contributed by atoms with Gasteiger partial charge in [0, 0.05) is 23.8 Å². The van der Waals surface area contributed by atoms with Crippen molar-refractivity contribution < 1.29 is 14.8 Å². The van der Waals surface area contributed by atoms with Gasteiger partial charge in [-0.05, 0) is 0 Å². The molecule has 0 fully saturated rings. The molecule has 1 atom stereocenters. The molecule has 1 aromatic rings. The van der Waals surface area contributed by atoms with Gasteiger partial charge in [-0.1, -0.05) is 30.3 Å². The van der Waals surface area contributed by atoms with Crippen LogP contribution >= 0.6 is 11.6 Å². The molecule has 5 heteroatoms. The molecule has 0 aliphatic carbocycles. The number of amides is 1. The van der Waals surface area contributed by atoms with Crippen LogP contribution in [0, 0.1) is 0 Å². The van der Waals surface area contributed by atoms with Crippen molar-refractivity contribution in [3.05, 3.63) is 35.9 Å². The van der Waals surface area contributed by atoms with Crippen molar-refractivity contribution in [1.82, 2.24) is 5.48 Å². The zero-order chi connectivity index (χ0) is 12.0. The summed E-state index contributed by atoms with van der Waals surface area (Å²) in [6, 6.07) is 8.72. The molecule has 86 valence electrons. The fourth-order valence-corrected chi connectivity index (χ4v) is 1.54. The lowest BCUT2D eigenvalue weighted by Crippen LogP contribution is -2.23. The lowest BCUT2D eigenvalue weighted by Gasteiger charge is -2.06. The summed E-state index contributed by atoms with van der Waals surface area (Å²) in [5, 5.41) is 7.68. The maximum Gasteiger partial charge on any atom is 0.244 e. The first-order chi connectivity index (χ1) is 7.63. The van der Waals surface area contributed by atoms with Gasteiger partial charge in [0.25, 0.3) is 0 Å². The summed E-state index contributed by atoms with van der Waals surface area (Å²) in [4.78, 5) is 22.4. The fourth-order valence-electron chi connectivity index (χ4n) is 1.26. The molecule has 0 heterocycles. The lowest BCUT2D eigenvalue weighted by molar-refractivity contribution is -0.129. The molecule has 16 heavy (non-hydrogen) atoms. The largest absolute Gasteiger partial charge is 0.294 e. The summed E-state index contributed by atoms with van der Waals surface area (Å²) in [6.07, 6.45) is -0.0182. The second kappa shape index (κ2) is 6.25. The number of carbonyl (C=O) groups excluding carboxylic acids is 2. The van der Waals surface area contributed by atoms with E-state index in [2.05, 4.69) is 0 Å². The van der Waals surface area contributed by atoms with E-state index in [0.29, 0.717) is 5.56 Å². The Labute approximate surface area is 98.2 Å². The van der Waals surface area contributed by atoms with E-state index in [1.165, 1.54) is 5.48 Å². The number of rotatable bonds is 5. The molecule has 0 aliphatic heterocycles. The van der Waals surface area contributed by atoms with Crippen LogP contribution in [0.5, 0.6) is 0 Å². The normalized spacial score (nSPS) is 11.9. The van der Waals surface area contributed by atoms with E-state index in [-0.39, 0.29) is 18.6 Å². The van der Waals surface area contributed by atoms with Gasteiger partial charge in [0.15, 0.2) is 5.78 Å². The molecule has 1 amide bonds. The van der Waals surface area contributed by atoms with Crippen LogP contribution in [0.15, 0.2) is 30.3 Å². The average molecular weight is 242 g/mol. The minimum absolute atomic E-state index is 0.0684. The van der Waals surface area contributed by atoms with E-state index >= 15 is 0 Å². The van der Waals surface area contributed by atoms with Crippen LogP contribution in [0.1, 0.15) is 23.2 Å². The number of hydrogen-bond acceptors (Lipinski definition) is 3. The monoisotopic (exact) mass is 241 g/mol. The van der Waals surface area contributed by atoms with Crippen molar-refractivity contribution in [2.24, 2.45) is 0 Å². The SMILES string of the molecule is O=C(CC(Cl)CC(=O)c1ccccc1)NO. The highest BCUT2D eigenvalue weighted by molar-refractivity contribution is 6.23. The molecule has 4 nitrogen and oxygen atoms in total. The third-order valence-electron chi connectivity index (χ3n) is 2.03. The first kappa shape index (κ1) is 12.7. The van der Waals surface area contributed by atoms with Crippen LogP contribution in [0.25, 0.3) is 0 Å². The van der Waals surface area contributed by atoms with Gasteiger partial charge in [0.05, 0.1) is 0 Å². The second-order valence-electron chi connectivity index (χ2n) is 3.33. The van der Waals surface area contributed by atoms with Gasteiger partial charge in [-0.15, -0.1) is 11.6 Å². The van der Waals surface area contributed by atoms with E-state index in [9.17, 15) is 9.59 Å². The molecule has 0 aromatic heterocycles. The van der Waals surface area contributed by atoms with Crippen molar-refractivity contribution in [1.29, 1.82) is 0 Å². The van der Waals surface area contributed by atoms with Crippen LogP contribution in [0.3, 0.4) is 0 Å². The van der Waals surface area contributed by atoms with Gasteiger partial charge in [0.2, 0.25) is 5.91 Å². The lowest BCUT2D eigenvalue weighted by atomic mass is 10.1. The number of Topliss-reactive ketones (excluding diaryl/α,β-unsaturated/α-hetero) is 1. The summed E-state index contributed by atoms with van der Waals surface area (Å²) in [7, 11) is 0. The molecule has 0 bridgehead atoms. The van der Waals surface area contributed by atoms with Crippen LogP contribution in [0.2, 0.25) is 0 Å². The second-order valence-corrected chi connectivity index (χ2v) is 3.95. The number of hydroxylamine groups is 1. The van der Waals surface area contributed by atoms with Gasteiger partial charge in [-0.3, -0.25) is 14.8 Å². The molecule has 1 aromatic carbocycles. The Morgan fingerprint density at radius 2 is 1.88 bits per heavy atom. The maximum absolute atomic E-state index is 11.6. The number of alkyl halides is 1. The van der Waals surface area contributed by atoms with E-state index < -0.39 is 11.3 Å². The number of nitrogens with one attached hydrogen (secondary N) is 1. The van der Waals surface area contributed by atoms with E-state index in [1.54, 1.807) is 24.3 Å². The topological polar surface area (TPSA) is 66.4 Å². The fraction of sp³-hybridized carbons (Fsp3) is 0.273. The Morgan fingerprint density at radius 1 is 1.25 bits per heavy atom. The molecule has 2 N–H and O–H groups in total. The highest BCUT2D eigenvalue weighted by atomic mass is 35.5. The number of carbonyl (C=O) groups is 2. The van der Waals surface area contributed by atoms with Gasteiger partial charge in [-0.25, -0.2) is 5.48 Å². The average Bonchev–Trinajstić information content (AvgIpc) is 2.29. The quantitative estimate of drug-likeness (QED) is 0.357. The van der Waals surface area contributed by atoms with E-state index in [0.717, 1.165) is 0 Å². The van der Waals surface area contributed by atoms with Crippen LogP contribution in [-0.4, -0.2) is 22.3 Å². The standard InChI is InChI=1S/C11H12ClNO3/c12-9(7-11(15)13-16)6-10(14)8-4-2-1-3-5-8/h1-5,9,16H,6-7H2,(H,13,15). The number of hydrogen-bond donors (Lipinski definition) is 2. The minimum atomic E-state index is -0.611. The number of benzene rings is 1. The molecule has 0 saturated heterocycles. The van der Waals surface area contributed by atoms with Gasteiger partial charge >= 0.3 is 0 Å². The first-order valence-electron chi connectivity index (χ1n) is 4.78. The molecular formula is C11H12ClNO3. The Bertz CT molecular complexity index is 367. The molecule has 1 unspecified atom stereocenters. The molecule has 0 aliphatic rings. The number of ketones is 1. The highest BCUT2D eigenvalue weighted by Gasteiger charge is 2.15. The Hall–Kier alpha value is -1.39. The van der Waals surface area contributed by atoms with E-state index in [4.69, 9.17) is 16.8 Å². The van der Waals surface area contributed by atoms with Gasteiger partial charge in [-0.2, -0.15) is 0 Å². The zero-order valence-electron chi connectivity index (χ0n) is 8.52. The third-order valence-corrected chi connectivity index (χ3v) is 2.34. The van der Waals surface area contributed by atoms with Crippen molar-refractivity contribution in [3.63, 3.8) is 0 Å². The Morgan fingerprint density at radius 3 is 2.44 bits per heavy atom. The van der Waals surface area contributed by atoms with Crippen molar-refractivity contribution in [2.45, 2.75) is 18.2 Å². The Kier molecular flexibility index (Phi) is 4.95. The molecular weight excluding hydrogens is 230 g/mol. The summed E-state index contributed by atoms with van der Waals surface area (Å²) in [6.45, 7) is 0. The van der Waals surface area contributed by atoms with E-state index in [1.807, 2.05) is 6.07 Å². The molecule has 0 radical (unpaired) electrons. The summed E-state index contributed by atoms with van der Waals surface area (Å²) < 4.78 is 0. The predicted octanol–water partition coefficient (Wildman–Crippen LogP) is 1.76. The molecule has 1 rings (SSSR count). The van der Waals surface area contributed by atoms with Gasteiger partial charge in [0.1, 0.15) is 0 Å². The Balaban J connectivity index is 2.49. The van der Waals surface area contributed by atoms with Crippen LogP contribution in [0.4, 0.5) is 0 Å². The van der Waals surface area contributed by atoms with Crippen LogP contribution < -0.4 is 5.48 Å². The minimum Gasteiger partial charge on any atom is -0.294 e.